The Bertz CT molecular complexity index is 377. The van der Waals surface area contributed by atoms with Crippen molar-refractivity contribution in [3.63, 3.8) is 0 Å². The molecule has 17 heavy (non-hydrogen) atoms. The third-order valence-electron chi connectivity index (χ3n) is 3.12. The number of hydroxylamine groups is 1. The van der Waals surface area contributed by atoms with Crippen LogP contribution in [0.3, 0.4) is 0 Å². The van der Waals surface area contributed by atoms with Gasteiger partial charge in [-0.25, -0.2) is 0 Å². The van der Waals surface area contributed by atoms with Crippen molar-refractivity contribution in [2.24, 2.45) is 5.92 Å². The number of rotatable bonds is 3. The van der Waals surface area contributed by atoms with Crippen molar-refractivity contribution in [2.75, 3.05) is 13.1 Å². The van der Waals surface area contributed by atoms with Gasteiger partial charge in [0.05, 0.1) is 0 Å². The van der Waals surface area contributed by atoms with Crippen molar-refractivity contribution < 1.29 is 9.63 Å². The lowest BCUT2D eigenvalue weighted by Crippen LogP contribution is -2.44. The minimum absolute atomic E-state index is 0. The zero-order valence-electron chi connectivity index (χ0n) is 9.36. The molecule has 3 rings (SSSR count). The molecule has 2 heterocycles. The Morgan fingerprint density at radius 1 is 1.53 bits per heavy atom. The van der Waals surface area contributed by atoms with Crippen molar-refractivity contribution in [2.45, 2.75) is 18.9 Å². The van der Waals surface area contributed by atoms with Gasteiger partial charge >= 0.3 is 0 Å². The molecular weight excluding hydrogens is 242 g/mol. The van der Waals surface area contributed by atoms with Crippen molar-refractivity contribution in [3.05, 3.63) is 23.6 Å². The molecule has 0 aromatic rings. The van der Waals surface area contributed by atoms with E-state index in [9.17, 15) is 4.79 Å². The fraction of sp³-hybridized carbons (Fsp3) is 0.545. The van der Waals surface area contributed by atoms with Gasteiger partial charge in [-0.15, -0.1) is 17.9 Å². The highest BCUT2D eigenvalue weighted by molar-refractivity contribution is 5.86. The molecule has 1 amide bonds. The third-order valence-corrected chi connectivity index (χ3v) is 3.12. The topological polar surface area (TPSA) is 62.4 Å². The fourth-order valence-corrected chi connectivity index (χ4v) is 1.92. The van der Waals surface area contributed by atoms with E-state index >= 15 is 0 Å². The molecule has 94 valence electrons. The number of nitrogens with one attached hydrogen (secondary N) is 3. The summed E-state index contributed by atoms with van der Waals surface area (Å²) in [6, 6.07) is -0.341. The highest BCUT2D eigenvalue weighted by atomic mass is 35.5. The fourth-order valence-electron chi connectivity index (χ4n) is 1.92. The maximum atomic E-state index is 11.9. The second-order valence-corrected chi connectivity index (χ2v) is 4.45. The first-order valence-electron chi connectivity index (χ1n) is 5.67. The van der Waals surface area contributed by atoms with Crippen LogP contribution in [0.2, 0.25) is 0 Å². The number of carbonyl (C=O) groups is 1. The first kappa shape index (κ1) is 12.3. The maximum absolute atomic E-state index is 11.9. The molecular formula is C11H16ClN3O2. The summed E-state index contributed by atoms with van der Waals surface area (Å²) in [6.45, 7) is 1.46. The van der Waals surface area contributed by atoms with E-state index in [-0.39, 0.29) is 24.4 Å². The second kappa shape index (κ2) is 4.98. The van der Waals surface area contributed by atoms with E-state index < -0.39 is 0 Å². The van der Waals surface area contributed by atoms with Crippen LogP contribution in [0.25, 0.3) is 0 Å². The van der Waals surface area contributed by atoms with Gasteiger partial charge in [0.1, 0.15) is 6.04 Å². The van der Waals surface area contributed by atoms with Crippen molar-refractivity contribution in [1.29, 1.82) is 0 Å². The largest absolute Gasteiger partial charge is 0.408 e. The van der Waals surface area contributed by atoms with Crippen LogP contribution in [-0.2, 0) is 9.63 Å². The van der Waals surface area contributed by atoms with E-state index in [1.165, 1.54) is 12.8 Å². The van der Waals surface area contributed by atoms with E-state index in [1.807, 2.05) is 12.3 Å². The normalized spacial score (nSPS) is 25.5. The summed E-state index contributed by atoms with van der Waals surface area (Å²) in [6.07, 6.45) is 6.14. The van der Waals surface area contributed by atoms with Crippen LogP contribution >= 0.6 is 12.4 Å². The van der Waals surface area contributed by atoms with Crippen LogP contribution < -0.4 is 16.1 Å². The smallest absolute Gasteiger partial charge is 0.244 e. The molecule has 3 N–H and O–H groups in total. The zero-order chi connectivity index (χ0) is 11.0. The summed E-state index contributed by atoms with van der Waals surface area (Å²) in [5, 5.41) is 6.03. The van der Waals surface area contributed by atoms with Gasteiger partial charge in [-0.1, -0.05) is 0 Å². The minimum atomic E-state index is -0.341. The number of carbonyl (C=O) groups excluding carboxylic acids is 1. The number of hydrogen-bond acceptors (Lipinski definition) is 4. The molecule has 2 aliphatic heterocycles. The Labute approximate surface area is 106 Å². The summed E-state index contributed by atoms with van der Waals surface area (Å²) in [4.78, 5) is 17.1. The first-order valence-corrected chi connectivity index (χ1v) is 5.67. The summed E-state index contributed by atoms with van der Waals surface area (Å²) in [5.74, 6) is 1.48. The average Bonchev–Trinajstić information content (AvgIpc) is 3.04. The van der Waals surface area contributed by atoms with Gasteiger partial charge in [-0.3, -0.25) is 4.79 Å². The highest BCUT2D eigenvalue weighted by Crippen LogP contribution is 2.28. The standard InChI is InChI=1S/C11H15N3O2.ClH/c15-11(13-5-7-1-2-7)10-8-6-12-4-3-9(8)16-14-10;/h3-4,7,10,12,14H,1-2,5-6H2,(H,13,15);1H. The summed E-state index contributed by atoms with van der Waals surface area (Å²) >= 11 is 0. The predicted octanol–water partition coefficient (Wildman–Crippen LogP) is 0.209. The first-order chi connectivity index (χ1) is 7.84. The Morgan fingerprint density at radius 2 is 2.35 bits per heavy atom. The third kappa shape index (κ3) is 2.56. The highest BCUT2D eigenvalue weighted by Gasteiger charge is 2.33. The Balaban J connectivity index is 0.00000108. The van der Waals surface area contributed by atoms with Gasteiger partial charge in [0.2, 0.25) is 5.91 Å². The zero-order valence-corrected chi connectivity index (χ0v) is 10.2. The van der Waals surface area contributed by atoms with Crippen molar-refractivity contribution in [1.82, 2.24) is 16.1 Å². The molecule has 0 radical (unpaired) electrons. The van der Waals surface area contributed by atoms with E-state index in [0.717, 1.165) is 17.9 Å². The summed E-state index contributed by atoms with van der Waals surface area (Å²) < 4.78 is 0. The molecule has 1 unspecified atom stereocenters. The van der Waals surface area contributed by atoms with E-state index in [0.29, 0.717) is 12.5 Å². The van der Waals surface area contributed by atoms with Crippen molar-refractivity contribution in [3.8, 4) is 0 Å². The van der Waals surface area contributed by atoms with Gasteiger partial charge in [0.25, 0.3) is 0 Å². The molecule has 1 aliphatic carbocycles. The van der Waals surface area contributed by atoms with Crippen LogP contribution in [0.5, 0.6) is 0 Å². The monoisotopic (exact) mass is 257 g/mol. The lowest BCUT2D eigenvalue weighted by Gasteiger charge is -2.14. The number of dihydropyridines is 1. The van der Waals surface area contributed by atoms with Crippen LogP contribution in [-0.4, -0.2) is 25.0 Å². The predicted molar refractivity (Wildman–Crippen MR) is 65.2 cm³/mol. The van der Waals surface area contributed by atoms with E-state index in [2.05, 4.69) is 16.1 Å². The molecule has 3 aliphatic rings. The molecule has 0 bridgehead atoms. The van der Waals surface area contributed by atoms with Gasteiger partial charge in [0, 0.05) is 24.9 Å². The van der Waals surface area contributed by atoms with Gasteiger partial charge in [0.15, 0.2) is 5.76 Å². The molecule has 6 heteroatoms. The molecule has 1 atom stereocenters. The number of halogens is 1. The Morgan fingerprint density at radius 3 is 3.12 bits per heavy atom. The number of allylic oxidation sites excluding steroid dienone is 1. The lowest BCUT2D eigenvalue weighted by molar-refractivity contribution is -0.123. The number of hydrogen-bond donors (Lipinski definition) is 3. The van der Waals surface area contributed by atoms with E-state index in [1.54, 1.807) is 0 Å². The summed E-state index contributed by atoms with van der Waals surface area (Å²) in [5.41, 5.74) is 3.75. The SMILES string of the molecule is Cl.O=C(NCC1CC1)C1NOC2=C1CNC=C2. The average molecular weight is 258 g/mol. The molecule has 5 nitrogen and oxygen atoms in total. The second-order valence-electron chi connectivity index (χ2n) is 4.45. The van der Waals surface area contributed by atoms with Crippen molar-refractivity contribution >= 4 is 18.3 Å². The lowest BCUT2D eigenvalue weighted by atomic mass is 10.0. The Hall–Kier alpha value is -1.20. The summed E-state index contributed by atoms with van der Waals surface area (Å²) in [7, 11) is 0. The molecule has 0 aromatic heterocycles. The molecule has 1 fully saturated rings. The van der Waals surface area contributed by atoms with Crippen LogP contribution in [0, 0.1) is 5.92 Å². The molecule has 0 saturated heterocycles. The number of amides is 1. The van der Waals surface area contributed by atoms with Gasteiger partial charge < -0.3 is 15.5 Å². The van der Waals surface area contributed by atoms with Gasteiger partial charge in [-0.2, -0.15) is 0 Å². The quantitative estimate of drug-likeness (QED) is 0.676. The van der Waals surface area contributed by atoms with Crippen LogP contribution in [0.15, 0.2) is 23.6 Å². The molecule has 0 aromatic carbocycles. The Kier molecular flexibility index (Phi) is 3.59. The maximum Gasteiger partial charge on any atom is 0.244 e. The van der Waals surface area contributed by atoms with Crippen LogP contribution in [0.4, 0.5) is 0 Å². The molecule has 1 saturated carbocycles. The van der Waals surface area contributed by atoms with Crippen LogP contribution in [0.1, 0.15) is 12.8 Å². The van der Waals surface area contributed by atoms with E-state index in [4.69, 9.17) is 4.84 Å². The minimum Gasteiger partial charge on any atom is -0.408 e. The molecule has 0 spiro atoms. The van der Waals surface area contributed by atoms with Gasteiger partial charge in [-0.05, 0) is 24.8 Å².